The van der Waals surface area contributed by atoms with Crippen LogP contribution in [0.5, 0.6) is 0 Å². The van der Waals surface area contributed by atoms with Crippen molar-refractivity contribution >= 4 is 16.3 Å². The normalized spacial score (nSPS) is 21.9. The molecule has 133 valence electrons. The summed E-state index contributed by atoms with van der Waals surface area (Å²) in [5.41, 5.74) is 3.33. The van der Waals surface area contributed by atoms with Gasteiger partial charge < -0.3 is 0 Å². The standard InChI is InChI=1S/C21H27NO2.V/c1-6-21(17(5)23)11-12-22(20(24)16(4)13-15(2)3)19-10-8-7-9-18(19)14-21;/h2,7-10,13,17,23H,4,6,11-12,14H2,1,3,5H3;/b15-13+;. The number of anilines is 1. The maximum atomic E-state index is 13.0. The van der Waals surface area contributed by atoms with Crippen LogP contribution in [0.4, 0.5) is 5.69 Å². The summed E-state index contributed by atoms with van der Waals surface area (Å²) in [6.45, 7) is 10.5. The summed E-state index contributed by atoms with van der Waals surface area (Å²) in [5, 5.41) is 10.4. The second-order valence-electron chi connectivity index (χ2n) is 6.95. The summed E-state index contributed by atoms with van der Waals surface area (Å²) in [6, 6.07) is 8.02. The third-order valence-corrected chi connectivity index (χ3v) is 6.01. The van der Waals surface area contributed by atoms with Crippen LogP contribution < -0.4 is 4.90 Å². The fourth-order valence-electron chi connectivity index (χ4n) is 3.56. The van der Waals surface area contributed by atoms with Gasteiger partial charge in [-0.1, -0.05) is 0 Å². The summed E-state index contributed by atoms with van der Waals surface area (Å²) >= 11 is 2.39. The fourth-order valence-corrected chi connectivity index (χ4v) is 3.67. The van der Waals surface area contributed by atoms with E-state index in [0.29, 0.717) is 12.1 Å². The zero-order chi connectivity index (χ0) is 18.6. The molecule has 2 unspecified atom stereocenters. The molecule has 0 spiro atoms. The first-order valence-corrected chi connectivity index (χ1v) is 9.57. The molecule has 0 aromatic heterocycles. The number of aliphatic hydroxyl groups is 1. The van der Waals surface area contributed by atoms with Gasteiger partial charge in [0, 0.05) is 0 Å². The van der Waals surface area contributed by atoms with E-state index >= 15 is 0 Å². The van der Waals surface area contributed by atoms with Gasteiger partial charge in [-0.15, -0.1) is 0 Å². The molecule has 0 saturated carbocycles. The molecule has 2 atom stereocenters. The van der Waals surface area contributed by atoms with Crippen LogP contribution in [0.25, 0.3) is 0 Å². The summed E-state index contributed by atoms with van der Waals surface area (Å²) in [6.07, 6.45) is 3.83. The van der Waals surface area contributed by atoms with Crippen LogP contribution in [0.3, 0.4) is 0 Å². The van der Waals surface area contributed by atoms with Gasteiger partial charge in [0.15, 0.2) is 0 Å². The molecule has 0 aliphatic carbocycles. The van der Waals surface area contributed by atoms with Crippen LogP contribution in [-0.4, -0.2) is 28.4 Å². The van der Waals surface area contributed by atoms with Crippen molar-refractivity contribution in [1.29, 1.82) is 0 Å². The van der Waals surface area contributed by atoms with E-state index in [0.717, 1.165) is 36.1 Å². The average Bonchev–Trinajstić information content (AvgIpc) is 2.78. The van der Waals surface area contributed by atoms with E-state index in [1.165, 1.54) is 0 Å². The number of rotatable bonds is 5. The van der Waals surface area contributed by atoms with E-state index in [1.807, 2.05) is 47.8 Å². The summed E-state index contributed by atoms with van der Waals surface area (Å²) in [7, 11) is 0. The molecule has 0 fully saturated rings. The van der Waals surface area contributed by atoms with Crippen LogP contribution >= 0.6 is 0 Å². The summed E-state index contributed by atoms with van der Waals surface area (Å²) < 4.78 is 1.90. The number of hydrogen-bond donors (Lipinski definition) is 1. The van der Waals surface area contributed by atoms with Gasteiger partial charge in [-0.05, 0) is 0 Å². The number of nitrogens with zero attached hydrogens (tertiary/aromatic N) is 1. The summed E-state index contributed by atoms with van der Waals surface area (Å²) in [5.74, 6) is -0.0707. The summed E-state index contributed by atoms with van der Waals surface area (Å²) in [4.78, 5) is 14.9. The number of carbonyl (C=O) groups is 1. The van der Waals surface area contributed by atoms with Crippen LogP contribution in [0.1, 0.15) is 39.2 Å². The van der Waals surface area contributed by atoms with Crippen LogP contribution in [-0.2, 0) is 28.2 Å². The first kappa shape index (κ1) is 19.9. The molecule has 4 heteroatoms. The Morgan fingerprint density at radius 2 is 2.16 bits per heavy atom. The minimum absolute atomic E-state index is 0.0707. The zero-order valence-corrected chi connectivity index (χ0v) is 16.7. The van der Waals surface area contributed by atoms with Gasteiger partial charge in [0.25, 0.3) is 0 Å². The molecule has 1 amide bonds. The Labute approximate surface area is 159 Å². The van der Waals surface area contributed by atoms with Gasteiger partial charge in [0.2, 0.25) is 0 Å². The van der Waals surface area contributed by atoms with Crippen molar-refractivity contribution in [2.75, 3.05) is 11.4 Å². The second-order valence-corrected chi connectivity index (χ2v) is 7.35. The van der Waals surface area contributed by atoms with Crippen molar-refractivity contribution in [3.8, 4) is 0 Å². The Morgan fingerprint density at radius 1 is 1.48 bits per heavy atom. The van der Waals surface area contributed by atoms with Crippen molar-refractivity contribution < 1.29 is 26.9 Å². The first-order chi connectivity index (χ1) is 11.8. The van der Waals surface area contributed by atoms with Crippen molar-refractivity contribution in [1.82, 2.24) is 0 Å². The number of aliphatic hydroxyl groups excluding tert-OH is 1. The Morgan fingerprint density at radius 3 is 2.76 bits per heavy atom. The SMILES string of the molecule is C=C(/C=C(/C)[CH]=[V])C(=O)N1CCC(CC)(C(C)O)Cc2ccccc21. The number of carbonyl (C=O) groups excluding carboxylic acids is 1. The van der Waals surface area contributed by atoms with E-state index in [9.17, 15) is 9.90 Å². The minimum atomic E-state index is -0.418. The van der Waals surface area contributed by atoms with E-state index < -0.39 is 6.10 Å². The van der Waals surface area contributed by atoms with Gasteiger partial charge in [0.1, 0.15) is 0 Å². The van der Waals surface area contributed by atoms with Crippen LogP contribution in [0.2, 0.25) is 0 Å². The Bertz CT molecular complexity index is 708. The van der Waals surface area contributed by atoms with Gasteiger partial charge in [0.05, 0.1) is 0 Å². The quantitative estimate of drug-likeness (QED) is 0.630. The van der Waals surface area contributed by atoms with Crippen molar-refractivity contribution in [3.05, 3.63) is 53.6 Å². The van der Waals surface area contributed by atoms with Crippen LogP contribution in [0.15, 0.2) is 48.1 Å². The number of hydrogen-bond acceptors (Lipinski definition) is 2. The van der Waals surface area contributed by atoms with E-state index in [1.54, 1.807) is 0 Å². The van der Waals surface area contributed by atoms with Gasteiger partial charge in [-0.2, -0.15) is 0 Å². The van der Waals surface area contributed by atoms with Crippen molar-refractivity contribution in [3.63, 3.8) is 0 Å². The third-order valence-electron chi connectivity index (χ3n) is 5.37. The molecule has 1 aliphatic heterocycles. The van der Waals surface area contributed by atoms with E-state index in [4.69, 9.17) is 0 Å². The predicted octanol–water partition coefficient (Wildman–Crippen LogP) is 3.59. The zero-order valence-electron chi connectivity index (χ0n) is 15.3. The molecule has 0 saturated heterocycles. The molecule has 1 heterocycles. The second kappa shape index (κ2) is 8.31. The predicted molar refractivity (Wildman–Crippen MR) is 100 cm³/mol. The molecule has 1 N–H and O–H groups in total. The molecular weight excluding hydrogens is 349 g/mol. The molecule has 25 heavy (non-hydrogen) atoms. The van der Waals surface area contributed by atoms with Gasteiger partial charge >= 0.3 is 160 Å². The Balaban J connectivity index is 2.43. The monoisotopic (exact) mass is 376 g/mol. The van der Waals surface area contributed by atoms with Gasteiger partial charge in [-0.25, -0.2) is 0 Å². The number of para-hydroxylation sites is 1. The first-order valence-electron chi connectivity index (χ1n) is 8.77. The molecule has 2 rings (SSSR count). The molecule has 1 aromatic rings. The Kier molecular flexibility index (Phi) is 6.62. The average molecular weight is 376 g/mol. The molecular formula is C21H27NO2V. The number of fused-ring (bicyclic) bond motifs is 1. The number of benzene rings is 1. The molecule has 3 nitrogen and oxygen atoms in total. The van der Waals surface area contributed by atoms with Crippen molar-refractivity contribution in [2.45, 2.75) is 46.1 Å². The maximum absolute atomic E-state index is 13.0. The molecule has 0 bridgehead atoms. The molecule has 0 radical (unpaired) electrons. The van der Waals surface area contributed by atoms with Crippen molar-refractivity contribution in [2.24, 2.45) is 5.41 Å². The fraction of sp³-hybridized carbons (Fsp3) is 0.429. The molecule has 1 aromatic carbocycles. The Hall–Kier alpha value is -1.42. The number of allylic oxidation sites excluding steroid dienone is 1. The molecule has 1 aliphatic rings. The third kappa shape index (κ3) is 4.23. The van der Waals surface area contributed by atoms with Crippen LogP contribution in [0, 0.1) is 5.41 Å². The van der Waals surface area contributed by atoms with E-state index in [2.05, 4.69) is 36.5 Å². The van der Waals surface area contributed by atoms with Gasteiger partial charge in [-0.3, -0.25) is 0 Å². The van der Waals surface area contributed by atoms with E-state index in [-0.39, 0.29) is 11.3 Å². The number of amides is 1. The topological polar surface area (TPSA) is 40.5 Å².